The molecule has 24 heavy (non-hydrogen) atoms. The first-order chi connectivity index (χ1) is 11.6. The van der Waals surface area contributed by atoms with Gasteiger partial charge in [0.2, 0.25) is 0 Å². The van der Waals surface area contributed by atoms with E-state index in [1.54, 1.807) is 6.92 Å². The first-order valence-corrected chi connectivity index (χ1v) is 9.02. The van der Waals surface area contributed by atoms with Crippen LogP contribution in [-0.2, 0) is 0 Å². The molecule has 3 unspecified atom stereocenters. The van der Waals surface area contributed by atoms with E-state index >= 15 is 0 Å². The minimum absolute atomic E-state index is 0.0569. The van der Waals surface area contributed by atoms with Gasteiger partial charge in [-0.15, -0.1) is 0 Å². The van der Waals surface area contributed by atoms with Crippen LogP contribution in [0.15, 0.2) is 24.3 Å². The summed E-state index contributed by atoms with van der Waals surface area (Å²) in [6, 6.07) is 7.73. The molecule has 1 aromatic rings. The van der Waals surface area contributed by atoms with E-state index in [2.05, 4.69) is 12.2 Å². The number of ether oxygens (including phenoxy) is 1. The number of carbonyl (C=O) groups is 1. The van der Waals surface area contributed by atoms with E-state index in [-0.39, 0.29) is 24.1 Å². The number of para-hydroxylation sites is 1. The van der Waals surface area contributed by atoms with Crippen molar-refractivity contribution < 1.29 is 14.6 Å². The number of aliphatic hydroxyl groups excluding tert-OH is 1. The Labute approximate surface area is 145 Å². The molecule has 0 aromatic heterocycles. The Balaban J connectivity index is 2.06. The summed E-state index contributed by atoms with van der Waals surface area (Å²) < 4.78 is 5.70. The summed E-state index contributed by atoms with van der Waals surface area (Å²) >= 11 is 0. The number of amides is 2. The first kappa shape index (κ1) is 18.6. The third-order valence-electron chi connectivity index (χ3n) is 4.73. The molecule has 5 nitrogen and oxygen atoms in total. The number of hydrogen-bond acceptors (Lipinski definition) is 3. The minimum Gasteiger partial charge on any atom is -0.494 e. The Bertz CT molecular complexity index is 533. The third-order valence-corrected chi connectivity index (χ3v) is 4.73. The fraction of sp³-hybridized carbons (Fsp3) is 0.632. The number of piperidine rings is 1. The van der Waals surface area contributed by atoms with Gasteiger partial charge in [0, 0.05) is 24.6 Å². The van der Waals surface area contributed by atoms with Crippen LogP contribution in [0.1, 0.15) is 51.6 Å². The van der Waals surface area contributed by atoms with Gasteiger partial charge in [0.1, 0.15) is 5.75 Å². The van der Waals surface area contributed by atoms with Crippen molar-refractivity contribution in [3.05, 3.63) is 29.8 Å². The van der Waals surface area contributed by atoms with Crippen LogP contribution in [0.4, 0.5) is 4.79 Å². The second kappa shape index (κ2) is 8.92. The number of urea groups is 1. The number of rotatable bonds is 6. The van der Waals surface area contributed by atoms with Gasteiger partial charge in [-0.25, -0.2) is 4.79 Å². The maximum Gasteiger partial charge on any atom is 0.317 e. The fourth-order valence-corrected chi connectivity index (χ4v) is 3.28. The van der Waals surface area contributed by atoms with Crippen molar-refractivity contribution in [1.82, 2.24) is 10.2 Å². The van der Waals surface area contributed by atoms with Crippen molar-refractivity contribution in [3.63, 3.8) is 0 Å². The van der Waals surface area contributed by atoms with Crippen LogP contribution in [0.25, 0.3) is 0 Å². The van der Waals surface area contributed by atoms with Gasteiger partial charge in [0.15, 0.2) is 0 Å². The summed E-state index contributed by atoms with van der Waals surface area (Å²) in [5.41, 5.74) is 1.01. The van der Waals surface area contributed by atoms with E-state index < -0.39 is 0 Å². The van der Waals surface area contributed by atoms with Gasteiger partial charge < -0.3 is 20.1 Å². The highest BCUT2D eigenvalue weighted by atomic mass is 16.5. The molecule has 1 saturated heterocycles. The number of carbonyl (C=O) groups excluding carboxylic acids is 1. The zero-order valence-electron chi connectivity index (χ0n) is 15.0. The molecule has 0 radical (unpaired) electrons. The molecular weight excluding hydrogens is 304 g/mol. The van der Waals surface area contributed by atoms with Gasteiger partial charge >= 0.3 is 6.03 Å². The predicted molar refractivity (Wildman–Crippen MR) is 95.2 cm³/mol. The highest BCUT2D eigenvalue weighted by molar-refractivity contribution is 5.75. The Hall–Kier alpha value is -1.75. The summed E-state index contributed by atoms with van der Waals surface area (Å²) in [6.07, 6.45) is 2.34. The molecule has 0 spiro atoms. The van der Waals surface area contributed by atoms with Crippen LogP contribution in [0.5, 0.6) is 5.75 Å². The molecule has 5 heteroatoms. The summed E-state index contributed by atoms with van der Waals surface area (Å²) in [4.78, 5) is 14.5. The molecule has 1 aromatic carbocycles. The molecule has 0 bridgehead atoms. The molecule has 0 aliphatic carbocycles. The maximum absolute atomic E-state index is 12.7. The zero-order valence-corrected chi connectivity index (χ0v) is 15.0. The van der Waals surface area contributed by atoms with Crippen molar-refractivity contribution >= 4 is 6.03 Å². The van der Waals surface area contributed by atoms with E-state index in [1.165, 1.54) is 0 Å². The fourth-order valence-electron chi connectivity index (χ4n) is 3.28. The second-order valence-corrected chi connectivity index (χ2v) is 6.47. The van der Waals surface area contributed by atoms with E-state index in [4.69, 9.17) is 4.74 Å². The Kier molecular flexibility index (Phi) is 6.91. The average molecular weight is 334 g/mol. The Morgan fingerprint density at radius 1 is 1.42 bits per heavy atom. The van der Waals surface area contributed by atoms with Crippen LogP contribution in [0.2, 0.25) is 0 Å². The summed E-state index contributed by atoms with van der Waals surface area (Å²) in [6.45, 7) is 7.79. The number of nitrogens with zero attached hydrogens (tertiary/aromatic N) is 1. The number of hydrogen-bond donors (Lipinski definition) is 2. The molecule has 1 fully saturated rings. The van der Waals surface area contributed by atoms with Crippen LogP contribution >= 0.6 is 0 Å². The Morgan fingerprint density at radius 3 is 2.83 bits per heavy atom. The van der Waals surface area contributed by atoms with Gasteiger partial charge in [-0.1, -0.05) is 25.1 Å². The normalized spacial score (nSPS) is 20.3. The van der Waals surface area contributed by atoms with Crippen LogP contribution in [0, 0.1) is 5.92 Å². The topological polar surface area (TPSA) is 61.8 Å². The molecule has 2 rings (SSSR count). The van der Waals surface area contributed by atoms with Gasteiger partial charge in [0.25, 0.3) is 0 Å². The van der Waals surface area contributed by atoms with Crippen LogP contribution < -0.4 is 10.1 Å². The quantitative estimate of drug-likeness (QED) is 0.839. The van der Waals surface area contributed by atoms with Gasteiger partial charge in [0.05, 0.1) is 18.8 Å². The molecule has 1 aliphatic heterocycles. The number of aliphatic hydroxyl groups is 1. The first-order valence-electron chi connectivity index (χ1n) is 9.02. The van der Waals surface area contributed by atoms with Crippen molar-refractivity contribution in [2.24, 2.45) is 5.92 Å². The van der Waals surface area contributed by atoms with E-state index in [0.717, 1.165) is 37.1 Å². The molecule has 0 saturated carbocycles. The molecule has 134 valence electrons. The van der Waals surface area contributed by atoms with Gasteiger partial charge in [-0.3, -0.25) is 0 Å². The third kappa shape index (κ3) is 4.63. The van der Waals surface area contributed by atoms with Crippen LogP contribution in [0.3, 0.4) is 0 Å². The molecule has 2 amide bonds. The largest absolute Gasteiger partial charge is 0.494 e. The molecule has 2 N–H and O–H groups in total. The average Bonchev–Trinajstić information content (AvgIpc) is 2.60. The lowest BCUT2D eigenvalue weighted by molar-refractivity contribution is 0.0732. The monoisotopic (exact) mass is 334 g/mol. The molecule has 1 heterocycles. The second-order valence-electron chi connectivity index (χ2n) is 6.47. The van der Waals surface area contributed by atoms with E-state index in [0.29, 0.717) is 13.2 Å². The number of likely N-dealkylation sites (tertiary alicyclic amines) is 1. The van der Waals surface area contributed by atoms with E-state index in [9.17, 15) is 9.90 Å². The predicted octanol–water partition coefficient (Wildman–Crippen LogP) is 3.34. The maximum atomic E-state index is 12.7. The number of benzene rings is 1. The van der Waals surface area contributed by atoms with Crippen LogP contribution in [-0.4, -0.2) is 41.8 Å². The van der Waals surface area contributed by atoms with Crippen molar-refractivity contribution in [2.45, 2.75) is 52.2 Å². The van der Waals surface area contributed by atoms with Gasteiger partial charge in [-0.2, -0.15) is 0 Å². The lowest BCUT2D eigenvalue weighted by Crippen LogP contribution is -2.48. The van der Waals surface area contributed by atoms with Crippen molar-refractivity contribution in [2.75, 3.05) is 19.7 Å². The Morgan fingerprint density at radius 2 is 2.17 bits per heavy atom. The van der Waals surface area contributed by atoms with Gasteiger partial charge in [-0.05, 0) is 39.2 Å². The summed E-state index contributed by atoms with van der Waals surface area (Å²) in [5.74, 6) is 0.993. The van der Waals surface area contributed by atoms with E-state index in [1.807, 2.05) is 36.1 Å². The standard InChI is InChI=1S/C19H30N2O3/c1-4-17(16-10-6-7-11-18(16)24-5-2)20-19(23)21-12-8-9-15(13-21)14(3)22/h6-7,10-11,14-15,17,22H,4-5,8-9,12-13H2,1-3H3,(H,20,23). The summed E-state index contributed by atoms with van der Waals surface area (Å²) in [5, 5.41) is 12.9. The molecule has 3 atom stereocenters. The highest BCUT2D eigenvalue weighted by Crippen LogP contribution is 2.28. The number of nitrogens with one attached hydrogen (secondary N) is 1. The molecular formula is C19H30N2O3. The van der Waals surface area contributed by atoms with Crippen molar-refractivity contribution in [3.8, 4) is 5.75 Å². The lowest BCUT2D eigenvalue weighted by atomic mass is 9.93. The van der Waals surface area contributed by atoms with Crippen molar-refractivity contribution in [1.29, 1.82) is 0 Å². The smallest absolute Gasteiger partial charge is 0.317 e. The molecule has 1 aliphatic rings. The SMILES string of the molecule is CCOc1ccccc1C(CC)NC(=O)N1CCCC(C(C)O)C1. The lowest BCUT2D eigenvalue weighted by Gasteiger charge is -2.35. The minimum atomic E-state index is -0.374. The zero-order chi connectivity index (χ0) is 17.5. The summed E-state index contributed by atoms with van der Waals surface area (Å²) in [7, 11) is 0. The highest BCUT2D eigenvalue weighted by Gasteiger charge is 2.28.